The molecule has 0 saturated heterocycles. The van der Waals surface area contributed by atoms with Crippen molar-refractivity contribution in [3.8, 4) is 11.3 Å². The minimum Gasteiger partial charge on any atom is -0.346 e. The van der Waals surface area contributed by atoms with Gasteiger partial charge in [0.05, 0.1) is 12.0 Å². The molecule has 1 aromatic heterocycles. The summed E-state index contributed by atoms with van der Waals surface area (Å²) in [5.74, 6) is 0.0278. The average Bonchev–Trinajstić information content (AvgIpc) is 2.29. The molecular weight excluding hydrogens is 235 g/mol. The first-order chi connectivity index (χ1) is 8.09. The summed E-state index contributed by atoms with van der Waals surface area (Å²) in [6.45, 7) is 4.13. The summed E-state index contributed by atoms with van der Waals surface area (Å²) in [6, 6.07) is 6.36. The van der Waals surface area contributed by atoms with Crippen molar-refractivity contribution < 1.29 is 4.39 Å². The van der Waals surface area contributed by atoms with Crippen LogP contribution in [-0.4, -0.2) is 9.97 Å². The number of rotatable bonds is 2. The van der Waals surface area contributed by atoms with E-state index in [0.29, 0.717) is 4.64 Å². The van der Waals surface area contributed by atoms with E-state index in [0.717, 1.165) is 16.8 Å². The fourth-order valence-corrected chi connectivity index (χ4v) is 2.19. The molecule has 0 unspecified atom stereocenters. The molecule has 0 saturated carbocycles. The van der Waals surface area contributed by atoms with E-state index in [1.54, 1.807) is 18.5 Å². The van der Waals surface area contributed by atoms with E-state index in [1.165, 1.54) is 12.1 Å². The molecule has 0 amide bonds. The third kappa shape index (κ3) is 2.42. The summed E-state index contributed by atoms with van der Waals surface area (Å²) >= 11 is 5.24. The van der Waals surface area contributed by atoms with Crippen LogP contribution in [0.1, 0.15) is 25.3 Å². The predicted octanol–water partition coefficient (Wildman–Crippen LogP) is 4.07. The second kappa shape index (κ2) is 4.75. The van der Waals surface area contributed by atoms with Crippen molar-refractivity contribution in [1.29, 1.82) is 0 Å². The molecule has 2 rings (SSSR count). The highest BCUT2D eigenvalue weighted by atomic mass is 32.1. The van der Waals surface area contributed by atoms with E-state index in [9.17, 15) is 4.39 Å². The highest BCUT2D eigenvalue weighted by Gasteiger charge is 2.11. The number of hydrogen-bond acceptors (Lipinski definition) is 2. The zero-order valence-electron chi connectivity index (χ0n) is 9.70. The van der Waals surface area contributed by atoms with Gasteiger partial charge >= 0.3 is 0 Å². The van der Waals surface area contributed by atoms with Gasteiger partial charge in [-0.25, -0.2) is 9.37 Å². The minimum absolute atomic E-state index is 0.243. The minimum atomic E-state index is -0.243. The standard InChI is InChI=1S/C13H13FN2S/c1-8(2)11-12(15-7-16-13(11)17)9-3-5-10(14)6-4-9/h3-8H,1-2H3,(H,15,16,17). The van der Waals surface area contributed by atoms with E-state index in [-0.39, 0.29) is 11.7 Å². The van der Waals surface area contributed by atoms with Crippen LogP contribution in [-0.2, 0) is 0 Å². The van der Waals surface area contributed by atoms with Crippen molar-refractivity contribution in [2.75, 3.05) is 0 Å². The third-order valence-electron chi connectivity index (χ3n) is 2.60. The lowest BCUT2D eigenvalue weighted by Crippen LogP contribution is -1.98. The molecule has 2 aromatic rings. The smallest absolute Gasteiger partial charge is 0.133 e. The van der Waals surface area contributed by atoms with Crippen molar-refractivity contribution in [1.82, 2.24) is 9.97 Å². The van der Waals surface area contributed by atoms with Gasteiger partial charge in [-0.3, -0.25) is 0 Å². The van der Waals surface area contributed by atoms with Gasteiger partial charge in [0.1, 0.15) is 10.5 Å². The Morgan fingerprint density at radius 1 is 1.24 bits per heavy atom. The molecule has 1 aromatic carbocycles. The Kier molecular flexibility index (Phi) is 3.33. The van der Waals surface area contributed by atoms with Crippen LogP contribution in [0.5, 0.6) is 0 Å². The zero-order valence-corrected chi connectivity index (χ0v) is 10.5. The van der Waals surface area contributed by atoms with Gasteiger partial charge in [0.2, 0.25) is 0 Å². The molecule has 1 N–H and O–H groups in total. The lowest BCUT2D eigenvalue weighted by atomic mass is 9.99. The Morgan fingerprint density at radius 3 is 2.47 bits per heavy atom. The van der Waals surface area contributed by atoms with Crippen LogP contribution in [0.4, 0.5) is 4.39 Å². The molecule has 4 heteroatoms. The molecule has 88 valence electrons. The SMILES string of the molecule is CC(C)c1c(-c2ccc(F)cc2)[nH]cnc1=S. The molecule has 0 aliphatic rings. The summed E-state index contributed by atoms with van der Waals surface area (Å²) in [6.07, 6.45) is 1.58. The number of nitrogens with zero attached hydrogens (tertiary/aromatic N) is 1. The maximum atomic E-state index is 12.9. The molecular formula is C13H13FN2S. The van der Waals surface area contributed by atoms with Gasteiger partial charge < -0.3 is 4.98 Å². The summed E-state index contributed by atoms with van der Waals surface area (Å²) in [7, 11) is 0. The Labute approximate surface area is 105 Å². The number of halogens is 1. The van der Waals surface area contributed by atoms with Crippen molar-refractivity contribution >= 4 is 12.2 Å². The first-order valence-corrected chi connectivity index (χ1v) is 5.84. The van der Waals surface area contributed by atoms with E-state index < -0.39 is 0 Å². The van der Waals surface area contributed by atoms with Gasteiger partial charge in [-0.05, 0) is 35.7 Å². The number of aromatic amines is 1. The van der Waals surface area contributed by atoms with Crippen LogP contribution in [0.15, 0.2) is 30.6 Å². The highest BCUT2D eigenvalue weighted by molar-refractivity contribution is 7.71. The zero-order chi connectivity index (χ0) is 12.4. The van der Waals surface area contributed by atoms with Gasteiger partial charge in [-0.2, -0.15) is 0 Å². The molecule has 0 aliphatic heterocycles. The largest absolute Gasteiger partial charge is 0.346 e. The van der Waals surface area contributed by atoms with Crippen LogP contribution >= 0.6 is 12.2 Å². The predicted molar refractivity (Wildman–Crippen MR) is 68.9 cm³/mol. The summed E-state index contributed by atoms with van der Waals surface area (Å²) in [4.78, 5) is 7.18. The van der Waals surface area contributed by atoms with Crippen LogP contribution in [0.2, 0.25) is 0 Å². The van der Waals surface area contributed by atoms with Crippen molar-refractivity contribution in [3.05, 3.63) is 46.6 Å². The van der Waals surface area contributed by atoms with Gasteiger partial charge in [0, 0.05) is 5.56 Å². The molecule has 0 bridgehead atoms. The molecule has 0 radical (unpaired) electrons. The number of benzene rings is 1. The number of nitrogens with one attached hydrogen (secondary N) is 1. The van der Waals surface area contributed by atoms with Crippen LogP contribution in [0.25, 0.3) is 11.3 Å². The van der Waals surface area contributed by atoms with Crippen LogP contribution < -0.4 is 0 Å². The van der Waals surface area contributed by atoms with Gasteiger partial charge in [0.15, 0.2) is 0 Å². The summed E-state index contributed by atoms with van der Waals surface area (Å²) in [5, 5.41) is 0. The maximum Gasteiger partial charge on any atom is 0.133 e. The second-order valence-electron chi connectivity index (χ2n) is 4.16. The lowest BCUT2D eigenvalue weighted by Gasteiger charge is -2.12. The Hall–Kier alpha value is -1.55. The Morgan fingerprint density at radius 2 is 1.88 bits per heavy atom. The normalized spacial score (nSPS) is 10.8. The van der Waals surface area contributed by atoms with E-state index in [4.69, 9.17) is 12.2 Å². The number of hydrogen-bond donors (Lipinski definition) is 1. The molecule has 0 spiro atoms. The highest BCUT2D eigenvalue weighted by Crippen LogP contribution is 2.27. The first kappa shape index (κ1) is 11.9. The van der Waals surface area contributed by atoms with Crippen molar-refractivity contribution in [3.63, 3.8) is 0 Å². The molecule has 0 atom stereocenters. The van der Waals surface area contributed by atoms with E-state index >= 15 is 0 Å². The second-order valence-corrected chi connectivity index (χ2v) is 4.54. The van der Waals surface area contributed by atoms with E-state index in [2.05, 4.69) is 23.8 Å². The molecule has 2 nitrogen and oxygen atoms in total. The molecule has 0 aliphatic carbocycles. The van der Waals surface area contributed by atoms with Crippen LogP contribution in [0.3, 0.4) is 0 Å². The maximum absolute atomic E-state index is 12.9. The molecule has 17 heavy (non-hydrogen) atoms. The van der Waals surface area contributed by atoms with Crippen LogP contribution in [0, 0.1) is 10.5 Å². The monoisotopic (exact) mass is 248 g/mol. The first-order valence-electron chi connectivity index (χ1n) is 5.43. The lowest BCUT2D eigenvalue weighted by molar-refractivity contribution is 0.628. The average molecular weight is 248 g/mol. The number of aromatic nitrogens is 2. The van der Waals surface area contributed by atoms with Gasteiger partial charge in [-0.15, -0.1) is 0 Å². The Bertz CT molecular complexity index is 573. The fourth-order valence-electron chi connectivity index (χ4n) is 1.80. The third-order valence-corrected chi connectivity index (χ3v) is 2.93. The fraction of sp³-hybridized carbons (Fsp3) is 0.231. The van der Waals surface area contributed by atoms with Crippen molar-refractivity contribution in [2.24, 2.45) is 0 Å². The quantitative estimate of drug-likeness (QED) is 0.812. The summed E-state index contributed by atoms with van der Waals surface area (Å²) < 4.78 is 13.5. The van der Waals surface area contributed by atoms with Gasteiger partial charge in [0.25, 0.3) is 0 Å². The van der Waals surface area contributed by atoms with Gasteiger partial charge in [-0.1, -0.05) is 26.1 Å². The van der Waals surface area contributed by atoms with Crippen molar-refractivity contribution in [2.45, 2.75) is 19.8 Å². The number of H-pyrrole nitrogens is 1. The Balaban J connectivity index is 2.63. The summed E-state index contributed by atoms with van der Waals surface area (Å²) in [5.41, 5.74) is 2.83. The topological polar surface area (TPSA) is 28.7 Å². The molecule has 0 fully saturated rings. The van der Waals surface area contributed by atoms with E-state index in [1.807, 2.05) is 0 Å². The molecule has 1 heterocycles.